The van der Waals surface area contributed by atoms with E-state index in [1.54, 1.807) is 7.11 Å². The van der Waals surface area contributed by atoms with Gasteiger partial charge in [0, 0.05) is 18.3 Å². The zero-order chi connectivity index (χ0) is 18.2. The first kappa shape index (κ1) is 19.2. The lowest BCUT2D eigenvalue weighted by Crippen LogP contribution is -2.36. The Labute approximate surface area is 156 Å². The number of ether oxygens (including phenoxy) is 1. The third-order valence-electron chi connectivity index (χ3n) is 4.18. The Balaban J connectivity index is 1.96. The topological polar surface area (TPSA) is 36.5 Å². The van der Waals surface area contributed by atoms with Gasteiger partial charge in [-0.05, 0) is 56.0 Å². The van der Waals surface area contributed by atoms with Crippen LogP contribution < -0.4 is 15.4 Å². The van der Waals surface area contributed by atoms with Crippen LogP contribution in [-0.2, 0) is 6.42 Å². The van der Waals surface area contributed by atoms with E-state index in [4.69, 9.17) is 17.0 Å². The number of likely N-dealkylation sites (N-methyl/N-ethyl adjacent to an activating group) is 1. The van der Waals surface area contributed by atoms with Crippen molar-refractivity contribution in [2.24, 2.45) is 0 Å². The molecular weight excluding hydrogens is 330 g/mol. The molecule has 0 amide bonds. The predicted octanol–water partition coefficient (Wildman–Crippen LogP) is 3.85. The summed E-state index contributed by atoms with van der Waals surface area (Å²) in [5, 5.41) is 7.12. The van der Waals surface area contributed by atoms with E-state index in [1.807, 2.05) is 24.3 Å². The largest absolute Gasteiger partial charge is 0.497 e. The summed E-state index contributed by atoms with van der Waals surface area (Å²) in [6.07, 6.45) is 1.06. The lowest BCUT2D eigenvalue weighted by molar-refractivity contribution is 0.299. The molecular formula is C20H27N3OS. The quantitative estimate of drug-likeness (QED) is 0.736. The Morgan fingerprint density at radius 3 is 2.48 bits per heavy atom. The van der Waals surface area contributed by atoms with Gasteiger partial charge in [0.15, 0.2) is 5.11 Å². The number of aryl methyl sites for hydroxylation is 1. The van der Waals surface area contributed by atoms with Crippen molar-refractivity contribution >= 4 is 23.0 Å². The fraction of sp³-hybridized carbons (Fsp3) is 0.350. The van der Waals surface area contributed by atoms with Crippen molar-refractivity contribution in [1.29, 1.82) is 0 Å². The van der Waals surface area contributed by atoms with Gasteiger partial charge in [0.25, 0.3) is 0 Å². The number of hydrogen-bond donors (Lipinski definition) is 2. The minimum Gasteiger partial charge on any atom is -0.497 e. The third-order valence-corrected chi connectivity index (χ3v) is 4.43. The maximum absolute atomic E-state index is 5.43. The van der Waals surface area contributed by atoms with E-state index in [0.717, 1.165) is 24.4 Å². The number of hydrogen-bond acceptors (Lipinski definition) is 3. The van der Waals surface area contributed by atoms with E-state index in [9.17, 15) is 0 Å². The van der Waals surface area contributed by atoms with Crippen molar-refractivity contribution in [3.05, 3.63) is 59.7 Å². The van der Waals surface area contributed by atoms with Gasteiger partial charge in [-0.3, -0.25) is 0 Å². The molecule has 5 heteroatoms. The molecule has 0 bridgehead atoms. The van der Waals surface area contributed by atoms with Gasteiger partial charge in [-0.1, -0.05) is 37.3 Å². The number of benzene rings is 2. The highest BCUT2D eigenvalue weighted by atomic mass is 32.1. The maximum Gasteiger partial charge on any atom is 0.170 e. The van der Waals surface area contributed by atoms with Gasteiger partial charge in [0.1, 0.15) is 5.75 Å². The summed E-state index contributed by atoms with van der Waals surface area (Å²) >= 11 is 5.43. The first-order valence-corrected chi connectivity index (χ1v) is 8.88. The van der Waals surface area contributed by atoms with Crippen molar-refractivity contribution in [3.8, 4) is 5.75 Å². The van der Waals surface area contributed by atoms with Gasteiger partial charge in [-0.15, -0.1) is 0 Å². The summed E-state index contributed by atoms with van der Waals surface area (Å²) in [6.45, 7) is 2.90. The molecule has 0 spiro atoms. The van der Waals surface area contributed by atoms with Crippen LogP contribution in [0.15, 0.2) is 48.5 Å². The lowest BCUT2D eigenvalue weighted by Gasteiger charge is -2.26. The van der Waals surface area contributed by atoms with Gasteiger partial charge in [-0.25, -0.2) is 0 Å². The maximum atomic E-state index is 5.43. The average molecular weight is 358 g/mol. The summed E-state index contributed by atoms with van der Waals surface area (Å²) in [5.74, 6) is 0.801. The Morgan fingerprint density at radius 1 is 1.16 bits per heavy atom. The van der Waals surface area contributed by atoms with Crippen LogP contribution in [0.5, 0.6) is 5.75 Å². The van der Waals surface area contributed by atoms with Crippen LogP contribution in [0.3, 0.4) is 0 Å². The number of nitrogens with one attached hydrogen (secondary N) is 2. The summed E-state index contributed by atoms with van der Waals surface area (Å²) < 4.78 is 5.23. The summed E-state index contributed by atoms with van der Waals surface area (Å²) in [4.78, 5) is 2.20. The van der Waals surface area contributed by atoms with E-state index in [0.29, 0.717) is 5.11 Å². The SMILES string of the molecule is CCc1ccc([C@@H](CNC(=S)Nc2cccc(OC)c2)N(C)C)cc1. The first-order chi connectivity index (χ1) is 12.0. The molecule has 0 heterocycles. The van der Waals surface area contributed by atoms with E-state index in [1.165, 1.54) is 11.1 Å². The van der Waals surface area contributed by atoms with Crippen LogP contribution in [0.1, 0.15) is 24.1 Å². The van der Waals surface area contributed by atoms with Gasteiger partial charge >= 0.3 is 0 Å². The molecule has 0 aromatic heterocycles. The molecule has 0 fully saturated rings. The molecule has 25 heavy (non-hydrogen) atoms. The van der Waals surface area contributed by atoms with E-state index < -0.39 is 0 Å². The molecule has 0 aliphatic rings. The Hall–Kier alpha value is -2.11. The number of anilines is 1. The number of thiocarbonyl (C=S) groups is 1. The molecule has 0 radical (unpaired) electrons. The minimum atomic E-state index is 0.246. The molecule has 0 unspecified atom stereocenters. The molecule has 0 aliphatic heterocycles. The molecule has 0 aliphatic carbocycles. The monoisotopic (exact) mass is 357 g/mol. The second-order valence-electron chi connectivity index (χ2n) is 6.14. The zero-order valence-electron chi connectivity index (χ0n) is 15.4. The minimum absolute atomic E-state index is 0.246. The van der Waals surface area contributed by atoms with Gasteiger partial charge < -0.3 is 20.3 Å². The Bertz CT molecular complexity index is 686. The predicted molar refractivity (Wildman–Crippen MR) is 109 cm³/mol. The van der Waals surface area contributed by atoms with Gasteiger partial charge in [0.05, 0.1) is 13.2 Å². The molecule has 2 aromatic rings. The lowest BCUT2D eigenvalue weighted by atomic mass is 10.0. The third kappa shape index (κ3) is 5.73. The van der Waals surface area contributed by atoms with Crippen molar-refractivity contribution in [2.45, 2.75) is 19.4 Å². The van der Waals surface area contributed by atoms with Gasteiger partial charge in [0.2, 0.25) is 0 Å². The second-order valence-corrected chi connectivity index (χ2v) is 6.55. The molecule has 134 valence electrons. The van der Waals surface area contributed by atoms with Crippen molar-refractivity contribution in [3.63, 3.8) is 0 Å². The molecule has 2 aromatic carbocycles. The highest BCUT2D eigenvalue weighted by molar-refractivity contribution is 7.80. The smallest absolute Gasteiger partial charge is 0.170 e. The molecule has 0 saturated heterocycles. The normalized spacial score (nSPS) is 11.9. The molecule has 2 N–H and O–H groups in total. The average Bonchev–Trinajstić information content (AvgIpc) is 2.62. The Kier molecular flexibility index (Phi) is 7.22. The van der Waals surface area contributed by atoms with Crippen LogP contribution >= 0.6 is 12.2 Å². The van der Waals surface area contributed by atoms with Gasteiger partial charge in [-0.2, -0.15) is 0 Å². The highest BCUT2D eigenvalue weighted by Gasteiger charge is 2.14. The highest BCUT2D eigenvalue weighted by Crippen LogP contribution is 2.19. The van der Waals surface area contributed by atoms with Crippen LogP contribution in [0.25, 0.3) is 0 Å². The van der Waals surface area contributed by atoms with Crippen molar-refractivity contribution in [2.75, 3.05) is 33.1 Å². The molecule has 1 atom stereocenters. The summed E-state index contributed by atoms with van der Waals surface area (Å²) in [7, 11) is 5.82. The summed E-state index contributed by atoms with van der Waals surface area (Å²) in [6, 6.07) is 16.7. The van der Waals surface area contributed by atoms with Crippen LogP contribution in [0, 0.1) is 0 Å². The molecule has 4 nitrogen and oxygen atoms in total. The van der Waals surface area contributed by atoms with E-state index >= 15 is 0 Å². The van der Waals surface area contributed by atoms with Crippen molar-refractivity contribution < 1.29 is 4.74 Å². The van der Waals surface area contributed by atoms with E-state index in [-0.39, 0.29) is 6.04 Å². The van der Waals surface area contributed by atoms with Crippen LogP contribution in [0.2, 0.25) is 0 Å². The zero-order valence-corrected chi connectivity index (χ0v) is 16.2. The summed E-state index contributed by atoms with van der Waals surface area (Å²) in [5.41, 5.74) is 3.54. The number of nitrogens with zero attached hydrogens (tertiary/aromatic N) is 1. The molecule has 0 saturated carbocycles. The first-order valence-electron chi connectivity index (χ1n) is 8.47. The second kappa shape index (κ2) is 9.39. The number of rotatable bonds is 7. The van der Waals surface area contributed by atoms with Crippen LogP contribution in [0.4, 0.5) is 5.69 Å². The standard InChI is InChI=1S/C20H27N3OS/c1-5-15-9-11-16(12-10-15)19(23(2)3)14-21-20(25)22-17-7-6-8-18(13-17)24-4/h6-13,19H,5,14H2,1-4H3,(H2,21,22,25)/t19-/m1/s1. The number of methoxy groups -OCH3 is 1. The van der Waals surface area contributed by atoms with Crippen LogP contribution in [-0.4, -0.2) is 37.8 Å². The fourth-order valence-electron chi connectivity index (χ4n) is 2.64. The fourth-order valence-corrected chi connectivity index (χ4v) is 2.84. The Morgan fingerprint density at radius 2 is 1.88 bits per heavy atom. The van der Waals surface area contributed by atoms with E-state index in [2.05, 4.69) is 60.8 Å². The molecule has 2 rings (SSSR count). The van der Waals surface area contributed by atoms with Crippen molar-refractivity contribution in [1.82, 2.24) is 10.2 Å².